The van der Waals surface area contributed by atoms with Crippen molar-refractivity contribution >= 4 is 22.6 Å². The van der Waals surface area contributed by atoms with Crippen LogP contribution in [0.5, 0.6) is 0 Å². The van der Waals surface area contributed by atoms with Crippen molar-refractivity contribution in [3.8, 4) is 0 Å². The lowest BCUT2D eigenvalue weighted by Crippen LogP contribution is -2.11. The molecule has 0 heterocycles. The van der Waals surface area contributed by atoms with Crippen molar-refractivity contribution in [3.63, 3.8) is 0 Å². The van der Waals surface area contributed by atoms with Gasteiger partial charge in [0.25, 0.3) is 0 Å². The molecule has 68 valence electrons. The molecule has 0 aromatic carbocycles. The number of alkyl halides is 1. The number of rotatable bonds is 5. The maximum Gasteiger partial charge on any atom is 0.0568 e. The first-order chi connectivity index (χ1) is 5.04. The molecule has 2 unspecified atom stereocenters. The second-order valence-electron chi connectivity index (χ2n) is 3.67. The van der Waals surface area contributed by atoms with Gasteiger partial charge in [0.15, 0.2) is 0 Å². The highest BCUT2D eigenvalue weighted by Gasteiger charge is 2.06. The molecule has 2 heteroatoms. The highest BCUT2D eigenvalue weighted by molar-refractivity contribution is 14.1. The topological polar surface area (TPSA) is 26.0 Å². The van der Waals surface area contributed by atoms with E-state index in [-0.39, 0.29) is 0 Å². The second-order valence-corrected chi connectivity index (χ2v) is 5.27. The Bertz CT molecular complexity index is 91.6. The van der Waals surface area contributed by atoms with E-state index < -0.39 is 0 Å². The zero-order chi connectivity index (χ0) is 8.85. The summed E-state index contributed by atoms with van der Waals surface area (Å²) in [6.45, 7) is 6.90. The quantitative estimate of drug-likeness (QED) is 0.463. The molecule has 0 saturated heterocycles. The van der Waals surface area contributed by atoms with E-state index in [1.807, 2.05) is 0 Å². The van der Waals surface area contributed by atoms with Gasteiger partial charge in [0.2, 0.25) is 0 Å². The molecular formula is C9H20IN. The van der Waals surface area contributed by atoms with Crippen molar-refractivity contribution in [2.24, 2.45) is 17.6 Å². The predicted molar refractivity (Wildman–Crippen MR) is 59.8 cm³/mol. The van der Waals surface area contributed by atoms with Gasteiger partial charge in [-0.2, -0.15) is 0 Å². The van der Waals surface area contributed by atoms with Gasteiger partial charge < -0.3 is 5.73 Å². The highest BCUT2D eigenvalue weighted by Crippen LogP contribution is 2.18. The van der Waals surface area contributed by atoms with Crippen molar-refractivity contribution in [3.05, 3.63) is 0 Å². The summed E-state index contributed by atoms with van der Waals surface area (Å²) in [5, 5.41) is 0. The first-order valence-corrected chi connectivity index (χ1v) is 5.68. The predicted octanol–water partition coefficient (Wildman–Crippen LogP) is 3.17. The zero-order valence-electron chi connectivity index (χ0n) is 7.81. The maximum absolute atomic E-state index is 5.64. The standard InChI is InChI=1S/C9H20IN/c1-7(2)8(3)5-4-6-9(10)11/h7-9H,4-6,11H2,1-3H3. The Morgan fingerprint density at radius 3 is 2.09 bits per heavy atom. The third kappa shape index (κ3) is 7.06. The van der Waals surface area contributed by atoms with Crippen molar-refractivity contribution in [2.75, 3.05) is 0 Å². The molecule has 0 aromatic heterocycles. The lowest BCUT2D eigenvalue weighted by atomic mass is 9.93. The maximum atomic E-state index is 5.64. The van der Waals surface area contributed by atoms with Gasteiger partial charge >= 0.3 is 0 Å². The van der Waals surface area contributed by atoms with Crippen LogP contribution in [-0.2, 0) is 0 Å². The van der Waals surface area contributed by atoms with E-state index in [2.05, 4.69) is 43.4 Å². The van der Waals surface area contributed by atoms with Gasteiger partial charge in [0.05, 0.1) is 4.05 Å². The van der Waals surface area contributed by atoms with Crippen LogP contribution in [0.1, 0.15) is 40.0 Å². The van der Waals surface area contributed by atoms with Crippen LogP contribution in [-0.4, -0.2) is 4.05 Å². The van der Waals surface area contributed by atoms with Crippen LogP contribution in [0.4, 0.5) is 0 Å². The van der Waals surface area contributed by atoms with E-state index in [4.69, 9.17) is 5.73 Å². The van der Waals surface area contributed by atoms with Crippen LogP contribution in [0.2, 0.25) is 0 Å². The minimum absolute atomic E-state index is 0.354. The van der Waals surface area contributed by atoms with Gasteiger partial charge in [0, 0.05) is 0 Å². The Morgan fingerprint density at radius 2 is 1.73 bits per heavy atom. The van der Waals surface area contributed by atoms with Crippen LogP contribution in [0.25, 0.3) is 0 Å². The van der Waals surface area contributed by atoms with Crippen LogP contribution < -0.4 is 5.73 Å². The Balaban J connectivity index is 3.24. The summed E-state index contributed by atoms with van der Waals surface area (Å²) in [6.07, 6.45) is 3.77. The average molecular weight is 269 g/mol. The first kappa shape index (κ1) is 11.7. The van der Waals surface area contributed by atoms with E-state index in [0.717, 1.165) is 18.3 Å². The molecule has 2 atom stereocenters. The van der Waals surface area contributed by atoms with E-state index in [1.54, 1.807) is 0 Å². The fourth-order valence-electron chi connectivity index (χ4n) is 0.968. The minimum atomic E-state index is 0.354. The minimum Gasteiger partial charge on any atom is -0.320 e. The van der Waals surface area contributed by atoms with Gasteiger partial charge in [-0.25, -0.2) is 0 Å². The Hall–Kier alpha value is 0.690. The Morgan fingerprint density at radius 1 is 1.18 bits per heavy atom. The molecule has 0 aromatic rings. The zero-order valence-corrected chi connectivity index (χ0v) is 9.97. The number of hydrogen-bond donors (Lipinski definition) is 1. The van der Waals surface area contributed by atoms with Crippen molar-refractivity contribution in [1.29, 1.82) is 0 Å². The van der Waals surface area contributed by atoms with Crippen LogP contribution in [0.3, 0.4) is 0 Å². The third-order valence-corrected chi connectivity index (χ3v) is 2.90. The molecular weight excluding hydrogens is 249 g/mol. The van der Waals surface area contributed by atoms with Gasteiger partial charge in [0.1, 0.15) is 0 Å². The van der Waals surface area contributed by atoms with Gasteiger partial charge in [-0.05, 0) is 18.3 Å². The molecule has 2 N–H and O–H groups in total. The number of nitrogens with two attached hydrogens (primary N) is 1. The molecule has 0 amide bonds. The molecule has 0 fully saturated rings. The Labute approximate surface area is 84.3 Å². The van der Waals surface area contributed by atoms with Crippen molar-refractivity contribution in [2.45, 2.75) is 44.1 Å². The molecule has 0 aliphatic heterocycles. The molecule has 0 radical (unpaired) electrons. The first-order valence-electron chi connectivity index (χ1n) is 4.43. The fraction of sp³-hybridized carbons (Fsp3) is 1.00. The summed E-state index contributed by atoms with van der Waals surface area (Å²) in [5.41, 5.74) is 5.64. The summed E-state index contributed by atoms with van der Waals surface area (Å²) >= 11 is 2.28. The van der Waals surface area contributed by atoms with Gasteiger partial charge in [-0.3, -0.25) is 0 Å². The summed E-state index contributed by atoms with van der Waals surface area (Å²) < 4.78 is 0.354. The van der Waals surface area contributed by atoms with E-state index in [9.17, 15) is 0 Å². The smallest absolute Gasteiger partial charge is 0.0568 e. The van der Waals surface area contributed by atoms with Gasteiger partial charge in [-0.15, -0.1) is 0 Å². The highest BCUT2D eigenvalue weighted by atomic mass is 127. The average Bonchev–Trinajstić information content (AvgIpc) is 1.86. The molecule has 0 spiro atoms. The second kappa shape index (κ2) is 6.23. The molecule has 1 nitrogen and oxygen atoms in total. The SMILES string of the molecule is CC(C)C(C)CCCC(N)I. The lowest BCUT2D eigenvalue weighted by molar-refractivity contribution is 0.378. The molecule has 0 aliphatic carbocycles. The lowest BCUT2D eigenvalue weighted by Gasteiger charge is -2.15. The number of hydrogen-bond acceptors (Lipinski definition) is 1. The summed E-state index contributed by atoms with van der Waals surface area (Å²) in [5.74, 6) is 1.67. The summed E-state index contributed by atoms with van der Waals surface area (Å²) in [7, 11) is 0. The van der Waals surface area contributed by atoms with Crippen LogP contribution in [0.15, 0.2) is 0 Å². The van der Waals surface area contributed by atoms with Crippen LogP contribution >= 0.6 is 22.6 Å². The molecule has 0 rings (SSSR count). The van der Waals surface area contributed by atoms with Gasteiger partial charge in [-0.1, -0.05) is 56.2 Å². The van der Waals surface area contributed by atoms with Crippen LogP contribution in [0, 0.1) is 11.8 Å². The van der Waals surface area contributed by atoms with E-state index >= 15 is 0 Å². The van der Waals surface area contributed by atoms with Crippen molar-refractivity contribution < 1.29 is 0 Å². The monoisotopic (exact) mass is 269 g/mol. The number of halogens is 1. The molecule has 0 saturated carbocycles. The van der Waals surface area contributed by atoms with E-state index in [1.165, 1.54) is 12.8 Å². The fourth-order valence-corrected chi connectivity index (χ4v) is 1.41. The normalized spacial score (nSPS) is 16.9. The molecule has 0 bridgehead atoms. The largest absolute Gasteiger partial charge is 0.320 e. The Kier molecular flexibility index (Phi) is 6.62. The summed E-state index contributed by atoms with van der Waals surface area (Å²) in [4.78, 5) is 0. The summed E-state index contributed by atoms with van der Waals surface area (Å²) in [6, 6.07) is 0. The molecule has 0 aliphatic rings. The third-order valence-electron chi connectivity index (χ3n) is 2.28. The van der Waals surface area contributed by atoms with Crippen molar-refractivity contribution in [1.82, 2.24) is 0 Å². The molecule has 11 heavy (non-hydrogen) atoms. The van der Waals surface area contributed by atoms with E-state index in [0.29, 0.717) is 4.05 Å².